The Bertz CT molecular complexity index is 877. The largest absolute Gasteiger partial charge is 0.530 e. The lowest BCUT2D eigenvalue weighted by Gasteiger charge is -2.45. The lowest BCUT2D eigenvalue weighted by molar-refractivity contribution is -0.275. The van der Waals surface area contributed by atoms with Crippen molar-refractivity contribution in [2.75, 3.05) is 13.1 Å². The van der Waals surface area contributed by atoms with Crippen molar-refractivity contribution in [1.82, 2.24) is 15.5 Å². The van der Waals surface area contributed by atoms with E-state index in [-0.39, 0.29) is 13.1 Å². The number of carbonyl (C=O) groups excluding carboxylic acids is 2. The zero-order valence-electron chi connectivity index (χ0n) is 24.6. The first kappa shape index (κ1) is 32.8. The molecule has 4 N–H and O–H groups in total. The van der Waals surface area contributed by atoms with Gasteiger partial charge in [-0.05, 0) is 65.9 Å². The smallest absolute Gasteiger partial charge is 0.407 e. The topological polar surface area (TPSA) is 134 Å². The lowest BCUT2D eigenvalue weighted by atomic mass is 9.83. The van der Waals surface area contributed by atoms with E-state index in [0.717, 1.165) is 31.2 Å². The SMILES string of the molecule is CC(C)(C)OC(=O)N[C@@H](CC1CCCCC1)[C@H](O)CNC[C@@H](O)[C@H](Cc1ccccc1)N(C(=O)[O-])C(C)(C)C. The number of aliphatic hydroxyl groups is 2. The first-order valence-electron chi connectivity index (χ1n) is 14.3. The maximum absolute atomic E-state index is 12.5. The number of carbonyl (C=O) groups is 2. The number of rotatable bonds is 12. The fourth-order valence-electron chi connectivity index (χ4n) is 5.37. The molecule has 222 valence electrons. The minimum Gasteiger partial charge on any atom is -0.530 e. The average Bonchev–Trinajstić information content (AvgIpc) is 2.82. The molecule has 0 radical (unpaired) electrons. The molecular weight excluding hydrogens is 498 g/mol. The minimum absolute atomic E-state index is 0.0526. The van der Waals surface area contributed by atoms with Crippen LogP contribution in [-0.2, 0) is 11.2 Å². The number of ether oxygens (including phenoxy) is 1. The zero-order valence-corrected chi connectivity index (χ0v) is 24.6. The Balaban J connectivity index is 2.08. The molecule has 1 aliphatic carbocycles. The van der Waals surface area contributed by atoms with E-state index in [9.17, 15) is 24.9 Å². The van der Waals surface area contributed by atoms with Crippen LogP contribution < -0.4 is 15.7 Å². The van der Waals surface area contributed by atoms with Gasteiger partial charge in [0, 0.05) is 18.6 Å². The first-order chi connectivity index (χ1) is 18.2. The molecule has 1 aliphatic rings. The van der Waals surface area contributed by atoms with Crippen molar-refractivity contribution < 1.29 is 29.6 Å². The van der Waals surface area contributed by atoms with Gasteiger partial charge < -0.3 is 40.4 Å². The van der Waals surface area contributed by atoms with E-state index >= 15 is 0 Å². The highest BCUT2D eigenvalue weighted by Crippen LogP contribution is 2.28. The van der Waals surface area contributed by atoms with Gasteiger partial charge in [-0.25, -0.2) is 4.79 Å². The highest BCUT2D eigenvalue weighted by Gasteiger charge is 2.34. The normalized spacial score (nSPS) is 18.1. The van der Waals surface area contributed by atoms with Crippen molar-refractivity contribution in [3.05, 3.63) is 35.9 Å². The molecule has 39 heavy (non-hydrogen) atoms. The third kappa shape index (κ3) is 11.7. The van der Waals surface area contributed by atoms with Crippen molar-refractivity contribution in [3.63, 3.8) is 0 Å². The highest BCUT2D eigenvalue weighted by atomic mass is 16.6. The van der Waals surface area contributed by atoms with Crippen molar-refractivity contribution in [2.45, 2.75) is 122 Å². The summed E-state index contributed by atoms with van der Waals surface area (Å²) >= 11 is 0. The van der Waals surface area contributed by atoms with Crippen LogP contribution in [0.2, 0.25) is 0 Å². The number of amides is 2. The Kier molecular flexibility index (Phi) is 12.5. The van der Waals surface area contributed by atoms with Gasteiger partial charge in [-0.2, -0.15) is 0 Å². The van der Waals surface area contributed by atoms with Crippen LogP contribution in [0, 0.1) is 5.92 Å². The van der Waals surface area contributed by atoms with Crippen LogP contribution >= 0.6 is 0 Å². The van der Waals surface area contributed by atoms with E-state index < -0.39 is 47.6 Å². The van der Waals surface area contributed by atoms with E-state index in [1.807, 2.05) is 30.3 Å². The minimum atomic E-state index is -1.35. The van der Waals surface area contributed by atoms with E-state index in [1.165, 1.54) is 11.3 Å². The van der Waals surface area contributed by atoms with Crippen LogP contribution in [0.4, 0.5) is 9.59 Å². The molecule has 0 aromatic heterocycles. The number of alkyl carbamates (subject to hydrolysis) is 1. The van der Waals surface area contributed by atoms with Crippen molar-refractivity contribution in [2.24, 2.45) is 5.92 Å². The van der Waals surface area contributed by atoms with Gasteiger partial charge in [0.25, 0.3) is 0 Å². The molecule has 0 heterocycles. The van der Waals surface area contributed by atoms with Crippen molar-refractivity contribution >= 4 is 12.2 Å². The Morgan fingerprint density at radius 3 is 2.13 bits per heavy atom. The summed E-state index contributed by atoms with van der Waals surface area (Å²) in [5.74, 6) is 0.414. The fourth-order valence-corrected chi connectivity index (χ4v) is 5.37. The summed E-state index contributed by atoms with van der Waals surface area (Å²) in [4.78, 5) is 25.8. The summed E-state index contributed by atoms with van der Waals surface area (Å²) in [6, 6.07) is 8.14. The molecule has 0 saturated heterocycles. The van der Waals surface area contributed by atoms with E-state index in [2.05, 4.69) is 10.6 Å². The molecule has 2 amide bonds. The number of nitrogens with one attached hydrogen (secondary N) is 2. The molecule has 1 aromatic carbocycles. The molecule has 0 bridgehead atoms. The number of aliphatic hydroxyl groups excluding tert-OH is 2. The van der Waals surface area contributed by atoms with Crippen LogP contribution in [0.25, 0.3) is 0 Å². The van der Waals surface area contributed by atoms with Crippen LogP contribution in [0.15, 0.2) is 30.3 Å². The lowest BCUT2D eigenvalue weighted by Crippen LogP contribution is -2.62. The first-order valence-corrected chi connectivity index (χ1v) is 14.3. The van der Waals surface area contributed by atoms with E-state index in [0.29, 0.717) is 18.8 Å². The number of carboxylic acid groups (broad SMARTS) is 1. The summed E-state index contributed by atoms with van der Waals surface area (Å²) in [6.45, 7) is 10.8. The molecule has 1 aromatic rings. The summed E-state index contributed by atoms with van der Waals surface area (Å²) in [5, 5.41) is 40.3. The van der Waals surface area contributed by atoms with Crippen LogP contribution in [0.5, 0.6) is 0 Å². The van der Waals surface area contributed by atoms with Crippen molar-refractivity contribution in [3.8, 4) is 0 Å². The van der Waals surface area contributed by atoms with Crippen LogP contribution in [0.1, 0.15) is 85.6 Å². The fraction of sp³-hybridized carbons (Fsp3) is 0.733. The van der Waals surface area contributed by atoms with E-state index in [1.54, 1.807) is 41.5 Å². The molecular formula is C30H50N3O6-. The second kappa shape index (κ2) is 14.9. The standard InChI is InChI=1S/C30H51N3O6/c1-29(2,3)33(28(37)38)24(18-22-15-11-8-12-16-22)26(35)20-31-19-25(34)23(17-21-13-9-7-10-14-21)32-27(36)39-30(4,5)6/h8,11-12,15-16,21,23-26,31,34-35H,7,9-10,13-14,17-20H2,1-6H3,(H,32,36)(H,37,38)/p-1/t23-,24-,25+,26+/m0/s1. The molecule has 9 nitrogen and oxygen atoms in total. The highest BCUT2D eigenvalue weighted by molar-refractivity contribution is 5.68. The van der Waals surface area contributed by atoms with Gasteiger partial charge in [-0.1, -0.05) is 62.4 Å². The Labute approximate surface area is 234 Å². The summed E-state index contributed by atoms with van der Waals surface area (Å²) in [5.41, 5.74) is -0.550. The molecule has 0 aliphatic heterocycles. The third-order valence-electron chi connectivity index (χ3n) is 7.17. The Hall–Kier alpha value is -2.36. The molecule has 0 spiro atoms. The maximum atomic E-state index is 12.5. The average molecular weight is 549 g/mol. The van der Waals surface area contributed by atoms with Gasteiger partial charge in [0.1, 0.15) is 11.7 Å². The molecule has 2 rings (SSSR count). The van der Waals surface area contributed by atoms with E-state index in [4.69, 9.17) is 4.74 Å². The van der Waals surface area contributed by atoms with Gasteiger partial charge in [0.2, 0.25) is 0 Å². The van der Waals surface area contributed by atoms with Crippen LogP contribution in [0.3, 0.4) is 0 Å². The molecule has 4 atom stereocenters. The number of benzene rings is 1. The molecule has 1 fully saturated rings. The number of hydrogen-bond acceptors (Lipinski definition) is 7. The Morgan fingerprint density at radius 1 is 1.00 bits per heavy atom. The van der Waals surface area contributed by atoms with Gasteiger partial charge in [0.05, 0.1) is 24.3 Å². The third-order valence-corrected chi connectivity index (χ3v) is 7.17. The zero-order chi connectivity index (χ0) is 29.2. The van der Waals surface area contributed by atoms with Gasteiger partial charge >= 0.3 is 6.09 Å². The molecule has 1 saturated carbocycles. The monoisotopic (exact) mass is 548 g/mol. The number of nitrogens with zero attached hydrogens (tertiary/aromatic N) is 1. The number of hydrogen-bond donors (Lipinski definition) is 4. The summed E-state index contributed by atoms with van der Waals surface area (Å²) in [7, 11) is 0. The predicted molar refractivity (Wildman–Crippen MR) is 150 cm³/mol. The summed E-state index contributed by atoms with van der Waals surface area (Å²) < 4.78 is 5.43. The second-order valence-corrected chi connectivity index (χ2v) is 12.8. The maximum Gasteiger partial charge on any atom is 0.407 e. The Morgan fingerprint density at radius 2 is 1.59 bits per heavy atom. The summed E-state index contributed by atoms with van der Waals surface area (Å²) in [6.07, 6.45) is 2.69. The molecule has 0 unspecified atom stereocenters. The van der Waals surface area contributed by atoms with Crippen LogP contribution in [-0.4, -0.2) is 75.8 Å². The second-order valence-electron chi connectivity index (χ2n) is 12.8. The van der Waals surface area contributed by atoms with Gasteiger partial charge in [-0.15, -0.1) is 0 Å². The quantitative estimate of drug-likeness (QED) is 0.315. The van der Waals surface area contributed by atoms with Crippen molar-refractivity contribution in [1.29, 1.82) is 0 Å². The molecule has 9 heteroatoms. The van der Waals surface area contributed by atoms with Gasteiger partial charge in [0.15, 0.2) is 0 Å². The van der Waals surface area contributed by atoms with Gasteiger partial charge in [-0.3, -0.25) is 0 Å². The predicted octanol–water partition coefficient (Wildman–Crippen LogP) is 3.22.